The Morgan fingerprint density at radius 3 is 1.89 bits per heavy atom. The highest BCUT2D eigenvalue weighted by molar-refractivity contribution is 4.93. The molecule has 19 heavy (non-hydrogen) atoms. The zero-order chi connectivity index (χ0) is 13.0. The third-order valence-electron chi connectivity index (χ3n) is 6.22. The summed E-state index contributed by atoms with van der Waals surface area (Å²) < 4.78 is 0. The number of nitrogens with zero attached hydrogens (tertiary/aromatic N) is 1. The van der Waals surface area contributed by atoms with Gasteiger partial charge in [0.2, 0.25) is 0 Å². The maximum atomic E-state index is 2.91. The van der Waals surface area contributed by atoms with Crippen LogP contribution in [0, 0.1) is 5.41 Å². The lowest BCUT2D eigenvalue weighted by atomic mass is 9.80. The van der Waals surface area contributed by atoms with Crippen molar-refractivity contribution in [1.82, 2.24) is 4.90 Å². The SMILES string of the molecule is C1CCCC(N2CCC3(CCCCCC3)C2)CCC1. The molecule has 0 bridgehead atoms. The minimum absolute atomic E-state index is 0.749. The van der Waals surface area contributed by atoms with Crippen LogP contribution < -0.4 is 0 Å². The van der Waals surface area contributed by atoms with Crippen molar-refractivity contribution < 1.29 is 0 Å². The van der Waals surface area contributed by atoms with E-state index in [2.05, 4.69) is 4.90 Å². The van der Waals surface area contributed by atoms with Crippen molar-refractivity contribution in [2.45, 2.75) is 95.9 Å². The van der Waals surface area contributed by atoms with Crippen molar-refractivity contribution in [1.29, 1.82) is 0 Å². The van der Waals surface area contributed by atoms with Crippen LogP contribution in [0.5, 0.6) is 0 Å². The summed E-state index contributed by atoms with van der Waals surface area (Å²) in [6, 6.07) is 0.947. The summed E-state index contributed by atoms with van der Waals surface area (Å²) in [7, 11) is 0. The van der Waals surface area contributed by atoms with Crippen LogP contribution in [0.4, 0.5) is 0 Å². The van der Waals surface area contributed by atoms with Gasteiger partial charge >= 0.3 is 0 Å². The zero-order valence-electron chi connectivity index (χ0n) is 12.8. The first kappa shape index (κ1) is 13.9. The Morgan fingerprint density at radius 1 is 0.632 bits per heavy atom. The van der Waals surface area contributed by atoms with Crippen LogP contribution >= 0.6 is 0 Å². The van der Waals surface area contributed by atoms with E-state index in [1.54, 1.807) is 0 Å². The summed E-state index contributed by atoms with van der Waals surface area (Å²) in [6.45, 7) is 2.88. The standard InChI is InChI=1S/C18H33N/c1-2-6-10-17(11-7-3-1)19-15-14-18(16-19)12-8-4-5-9-13-18/h17H,1-16H2. The topological polar surface area (TPSA) is 3.24 Å². The Hall–Kier alpha value is -0.0400. The average Bonchev–Trinajstić information content (AvgIpc) is 2.64. The molecule has 1 nitrogen and oxygen atoms in total. The van der Waals surface area contributed by atoms with E-state index in [4.69, 9.17) is 0 Å². The van der Waals surface area contributed by atoms with E-state index in [9.17, 15) is 0 Å². The highest BCUT2D eigenvalue weighted by atomic mass is 15.2. The first-order valence-corrected chi connectivity index (χ1v) is 9.12. The van der Waals surface area contributed by atoms with E-state index >= 15 is 0 Å². The molecular weight excluding hydrogens is 230 g/mol. The smallest absolute Gasteiger partial charge is 0.00954 e. The van der Waals surface area contributed by atoms with E-state index in [0.717, 1.165) is 11.5 Å². The normalized spacial score (nSPS) is 30.9. The molecule has 0 radical (unpaired) electrons. The van der Waals surface area contributed by atoms with E-state index in [0.29, 0.717) is 0 Å². The second-order valence-corrected chi connectivity index (χ2v) is 7.63. The Kier molecular flexibility index (Phi) is 4.84. The van der Waals surface area contributed by atoms with E-state index in [-0.39, 0.29) is 0 Å². The largest absolute Gasteiger partial charge is 0.300 e. The fraction of sp³-hybridized carbons (Fsp3) is 1.00. The molecule has 0 unspecified atom stereocenters. The van der Waals surface area contributed by atoms with Gasteiger partial charge in [0.15, 0.2) is 0 Å². The molecule has 3 rings (SSSR count). The van der Waals surface area contributed by atoms with Crippen molar-refractivity contribution in [3.8, 4) is 0 Å². The fourth-order valence-corrected chi connectivity index (χ4v) is 4.97. The third kappa shape index (κ3) is 3.54. The molecule has 0 aromatic heterocycles. The van der Waals surface area contributed by atoms with Crippen molar-refractivity contribution in [3.05, 3.63) is 0 Å². The number of likely N-dealkylation sites (tertiary alicyclic amines) is 1. The minimum atomic E-state index is 0.749. The molecule has 1 heteroatoms. The second-order valence-electron chi connectivity index (χ2n) is 7.63. The third-order valence-corrected chi connectivity index (χ3v) is 6.22. The van der Waals surface area contributed by atoms with Gasteiger partial charge in [0.25, 0.3) is 0 Å². The van der Waals surface area contributed by atoms with Gasteiger partial charge in [-0.15, -0.1) is 0 Å². The Bertz CT molecular complexity index is 257. The summed E-state index contributed by atoms with van der Waals surface area (Å²) in [5.41, 5.74) is 0.749. The van der Waals surface area contributed by atoms with Gasteiger partial charge < -0.3 is 0 Å². The molecule has 3 fully saturated rings. The van der Waals surface area contributed by atoms with E-state index in [1.165, 1.54) is 103 Å². The zero-order valence-corrected chi connectivity index (χ0v) is 12.8. The molecular formula is C18H33N. The van der Waals surface area contributed by atoms with Crippen LogP contribution in [0.15, 0.2) is 0 Å². The molecule has 1 heterocycles. The first-order valence-electron chi connectivity index (χ1n) is 9.12. The number of rotatable bonds is 1. The maximum Gasteiger partial charge on any atom is 0.00954 e. The van der Waals surface area contributed by atoms with Crippen LogP contribution in [-0.2, 0) is 0 Å². The monoisotopic (exact) mass is 263 g/mol. The molecule has 1 spiro atoms. The van der Waals surface area contributed by atoms with Gasteiger partial charge in [-0.1, -0.05) is 57.8 Å². The summed E-state index contributed by atoms with van der Waals surface area (Å²) in [6.07, 6.45) is 21.1. The molecule has 110 valence electrons. The number of hydrogen-bond acceptors (Lipinski definition) is 1. The average molecular weight is 263 g/mol. The predicted molar refractivity (Wildman–Crippen MR) is 82.4 cm³/mol. The van der Waals surface area contributed by atoms with Crippen LogP contribution in [0.2, 0.25) is 0 Å². The van der Waals surface area contributed by atoms with Crippen molar-refractivity contribution in [2.75, 3.05) is 13.1 Å². The summed E-state index contributed by atoms with van der Waals surface area (Å²) in [5.74, 6) is 0. The van der Waals surface area contributed by atoms with Crippen molar-refractivity contribution >= 4 is 0 Å². The van der Waals surface area contributed by atoms with Crippen molar-refractivity contribution in [3.63, 3.8) is 0 Å². The molecule has 3 aliphatic rings. The maximum absolute atomic E-state index is 2.91. The van der Waals surface area contributed by atoms with Gasteiger partial charge in [-0.2, -0.15) is 0 Å². The Labute approximate surface area is 120 Å². The molecule has 1 aliphatic heterocycles. The summed E-state index contributed by atoms with van der Waals surface area (Å²) in [5, 5.41) is 0. The highest BCUT2D eigenvalue weighted by Gasteiger charge is 2.39. The molecule has 2 aliphatic carbocycles. The quantitative estimate of drug-likeness (QED) is 0.632. The van der Waals surface area contributed by atoms with Gasteiger partial charge in [0.1, 0.15) is 0 Å². The lowest BCUT2D eigenvalue weighted by Gasteiger charge is -2.33. The Balaban J connectivity index is 1.57. The summed E-state index contributed by atoms with van der Waals surface area (Å²) >= 11 is 0. The van der Waals surface area contributed by atoms with Crippen LogP contribution in [0.3, 0.4) is 0 Å². The van der Waals surface area contributed by atoms with Gasteiger partial charge in [-0.25, -0.2) is 0 Å². The minimum Gasteiger partial charge on any atom is -0.300 e. The fourth-order valence-electron chi connectivity index (χ4n) is 4.97. The lowest BCUT2D eigenvalue weighted by Crippen LogP contribution is -2.36. The van der Waals surface area contributed by atoms with Gasteiger partial charge in [0.05, 0.1) is 0 Å². The van der Waals surface area contributed by atoms with Crippen LogP contribution in [-0.4, -0.2) is 24.0 Å². The first-order chi connectivity index (χ1) is 9.38. The molecule has 0 amide bonds. The van der Waals surface area contributed by atoms with E-state index < -0.39 is 0 Å². The van der Waals surface area contributed by atoms with Gasteiger partial charge in [-0.05, 0) is 44.1 Å². The number of hydrogen-bond donors (Lipinski definition) is 0. The predicted octanol–water partition coefficient (Wildman–Crippen LogP) is 5.15. The second kappa shape index (κ2) is 6.61. The summed E-state index contributed by atoms with van der Waals surface area (Å²) in [4.78, 5) is 2.91. The van der Waals surface area contributed by atoms with Crippen LogP contribution in [0.1, 0.15) is 89.9 Å². The molecule has 1 saturated heterocycles. The highest BCUT2D eigenvalue weighted by Crippen LogP contribution is 2.44. The molecule has 0 aromatic carbocycles. The van der Waals surface area contributed by atoms with Crippen LogP contribution in [0.25, 0.3) is 0 Å². The molecule has 0 N–H and O–H groups in total. The van der Waals surface area contributed by atoms with Gasteiger partial charge in [0, 0.05) is 12.6 Å². The van der Waals surface area contributed by atoms with E-state index in [1.807, 2.05) is 0 Å². The molecule has 0 atom stereocenters. The molecule has 2 saturated carbocycles. The lowest BCUT2D eigenvalue weighted by molar-refractivity contribution is 0.164. The molecule has 0 aromatic rings. The van der Waals surface area contributed by atoms with Crippen molar-refractivity contribution in [2.24, 2.45) is 5.41 Å². The Morgan fingerprint density at radius 2 is 1.21 bits per heavy atom. The van der Waals surface area contributed by atoms with Gasteiger partial charge in [-0.3, -0.25) is 4.90 Å².